The molecule has 0 heterocycles. The van der Waals surface area contributed by atoms with E-state index in [-0.39, 0.29) is 39.7 Å². The Kier molecular flexibility index (Phi) is 9.52. The molecule has 0 saturated heterocycles. The van der Waals surface area contributed by atoms with Gasteiger partial charge in [-0.3, -0.25) is 9.59 Å². The minimum absolute atomic E-state index is 0.0176. The van der Waals surface area contributed by atoms with E-state index in [1.165, 1.54) is 30.7 Å². The Hall–Kier alpha value is -3.09. The van der Waals surface area contributed by atoms with Crippen LogP contribution >= 0.6 is 0 Å². The van der Waals surface area contributed by atoms with Crippen LogP contribution in [0.15, 0.2) is 36.4 Å². The number of ether oxygens (including phenoxy) is 1. The number of carbonyl (C=O) groups is 2. The summed E-state index contributed by atoms with van der Waals surface area (Å²) in [6, 6.07) is 10.1. The molecule has 0 aliphatic heterocycles. The standard InChI is InChI=1S/C29H41FN2O4/c1-9-24(27(35)31-20-14-15-22(23(33)18-20)32(30)26(34)10-2)36-25-16-13-19(28(5,6)11-3)17-21(25)29(7,8)12-4/h13-18,24,33H,9-12H2,1-8H3,(H,31,35). The fraction of sp³-hybridized carbons (Fsp3) is 0.517. The van der Waals surface area contributed by atoms with Crippen molar-refractivity contribution in [3.63, 3.8) is 0 Å². The molecule has 0 aliphatic carbocycles. The lowest BCUT2D eigenvalue weighted by Crippen LogP contribution is -2.33. The van der Waals surface area contributed by atoms with E-state index < -0.39 is 17.8 Å². The molecule has 2 aromatic carbocycles. The predicted octanol–water partition coefficient (Wildman–Crippen LogP) is 7.19. The molecular formula is C29H41FN2O4. The van der Waals surface area contributed by atoms with Crippen LogP contribution in [0.4, 0.5) is 15.9 Å². The van der Waals surface area contributed by atoms with Crippen molar-refractivity contribution in [1.29, 1.82) is 0 Å². The third-order valence-corrected chi connectivity index (χ3v) is 7.17. The topological polar surface area (TPSA) is 78.9 Å². The third kappa shape index (κ3) is 6.56. The summed E-state index contributed by atoms with van der Waals surface area (Å²) >= 11 is 0. The zero-order chi connectivity index (χ0) is 27.3. The number of amides is 2. The molecule has 6 nitrogen and oxygen atoms in total. The molecule has 2 N–H and O–H groups in total. The van der Waals surface area contributed by atoms with Crippen LogP contribution in [-0.4, -0.2) is 23.0 Å². The van der Waals surface area contributed by atoms with Crippen molar-refractivity contribution in [3.05, 3.63) is 47.5 Å². The molecule has 0 aliphatic rings. The number of hydrogen-bond donors (Lipinski definition) is 2. The van der Waals surface area contributed by atoms with Crippen LogP contribution in [0.5, 0.6) is 11.5 Å². The average molecular weight is 501 g/mol. The molecule has 7 heteroatoms. The first-order chi connectivity index (χ1) is 16.8. The summed E-state index contributed by atoms with van der Waals surface area (Å²) in [5.41, 5.74) is 2.15. The van der Waals surface area contributed by atoms with Crippen LogP contribution in [0.25, 0.3) is 0 Å². The van der Waals surface area contributed by atoms with Crippen molar-refractivity contribution < 1.29 is 23.9 Å². The summed E-state index contributed by atoms with van der Waals surface area (Å²) in [6.07, 6.45) is 1.51. The molecular weight excluding hydrogens is 459 g/mol. The van der Waals surface area contributed by atoms with Gasteiger partial charge in [-0.05, 0) is 53.9 Å². The Balaban J connectivity index is 2.31. The predicted molar refractivity (Wildman–Crippen MR) is 143 cm³/mol. The highest BCUT2D eigenvalue weighted by Gasteiger charge is 2.29. The number of hydrogen-bond acceptors (Lipinski definition) is 4. The molecule has 2 rings (SSSR count). The first-order valence-electron chi connectivity index (χ1n) is 12.8. The Labute approximate surface area is 214 Å². The van der Waals surface area contributed by atoms with E-state index in [1.807, 2.05) is 13.0 Å². The van der Waals surface area contributed by atoms with E-state index in [1.54, 1.807) is 0 Å². The van der Waals surface area contributed by atoms with E-state index in [4.69, 9.17) is 4.74 Å². The van der Waals surface area contributed by atoms with Crippen LogP contribution in [-0.2, 0) is 20.4 Å². The molecule has 36 heavy (non-hydrogen) atoms. The summed E-state index contributed by atoms with van der Waals surface area (Å²) < 4.78 is 20.4. The summed E-state index contributed by atoms with van der Waals surface area (Å²) in [5.74, 6) is -0.943. The average Bonchev–Trinajstić information content (AvgIpc) is 2.86. The number of nitrogens with zero attached hydrogens (tertiary/aromatic N) is 1. The van der Waals surface area contributed by atoms with Gasteiger partial charge in [0.2, 0.25) is 0 Å². The second-order valence-corrected chi connectivity index (χ2v) is 10.4. The van der Waals surface area contributed by atoms with Gasteiger partial charge < -0.3 is 15.2 Å². The zero-order valence-corrected chi connectivity index (χ0v) is 22.9. The maximum Gasteiger partial charge on any atom is 0.265 e. The number of aromatic hydroxyl groups is 1. The monoisotopic (exact) mass is 500 g/mol. The fourth-order valence-electron chi connectivity index (χ4n) is 3.72. The maximum absolute atomic E-state index is 14.1. The second-order valence-electron chi connectivity index (χ2n) is 10.4. The van der Waals surface area contributed by atoms with E-state index in [9.17, 15) is 19.2 Å². The number of phenols is 1. The summed E-state index contributed by atoms with van der Waals surface area (Å²) in [7, 11) is 0. The van der Waals surface area contributed by atoms with Crippen LogP contribution in [0.2, 0.25) is 0 Å². The molecule has 2 amide bonds. The van der Waals surface area contributed by atoms with Crippen molar-refractivity contribution >= 4 is 23.2 Å². The van der Waals surface area contributed by atoms with Crippen molar-refractivity contribution in [3.8, 4) is 11.5 Å². The van der Waals surface area contributed by atoms with Gasteiger partial charge in [-0.1, -0.05) is 72.0 Å². The number of phenolic OH excluding ortho intramolecular Hbond substituents is 1. The van der Waals surface area contributed by atoms with Gasteiger partial charge in [0.15, 0.2) is 6.10 Å². The summed E-state index contributed by atoms with van der Waals surface area (Å²) in [4.78, 5) is 24.7. The first-order valence-corrected chi connectivity index (χ1v) is 12.8. The van der Waals surface area contributed by atoms with Gasteiger partial charge in [0.1, 0.15) is 17.2 Å². The largest absolute Gasteiger partial charge is 0.506 e. The number of anilines is 2. The number of halogens is 1. The highest BCUT2D eigenvalue weighted by atomic mass is 19.2. The van der Waals surface area contributed by atoms with Crippen molar-refractivity contribution in [2.24, 2.45) is 0 Å². The Morgan fingerprint density at radius 3 is 2.17 bits per heavy atom. The molecule has 0 radical (unpaired) electrons. The summed E-state index contributed by atoms with van der Waals surface area (Å²) in [6.45, 7) is 16.5. The SMILES string of the molecule is CCC(=O)N(F)c1ccc(NC(=O)C(CC)Oc2ccc(C(C)(C)CC)cc2C(C)(C)CC)cc1O. The Bertz CT molecular complexity index is 1080. The molecule has 0 spiro atoms. The van der Waals surface area contributed by atoms with Gasteiger partial charge in [0, 0.05) is 23.7 Å². The van der Waals surface area contributed by atoms with Crippen molar-refractivity contribution in [1.82, 2.24) is 0 Å². The van der Waals surface area contributed by atoms with Crippen LogP contribution in [0, 0.1) is 0 Å². The van der Waals surface area contributed by atoms with Crippen LogP contribution in [0.3, 0.4) is 0 Å². The van der Waals surface area contributed by atoms with Gasteiger partial charge in [-0.15, -0.1) is 5.12 Å². The van der Waals surface area contributed by atoms with Crippen LogP contribution in [0.1, 0.15) is 92.2 Å². The van der Waals surface area contributed by atoms with E-state index >= 15 is 0 Å². The molecule has 0 fully saturated rings. The molecule has 2 aromatic rings. The lowest BCUT2D eigenvalue weighted by atomic mass is 9.76. The minimum Gasteiger partial charge on any atom is -0.506 e. The molecule has 0 saturated carbocycles. The molecule has 0 aromatic heterocycles. The number of rotatable bonds is 11. The normalized spacial score (nSPS) is 12.7. The minimum atomic E-state index is -0.777. The maximum atomic E-state index is 14.1. The molecule has 198 valence electrons. The highest BCUT2D eigenvalue weighted by molar-refractivity contribution is 5.96. The van der Waals surface area contributed by atoms with Gasteiger partial charge >= 0.3 is 0 Å². The number of benzene rings is 2. The first kappa shape index (κ1) is 29.1. The quantitative estimate of drug-likeness (QED) is 0.320. The van der Waals surface area contributed by atoms with Crippen molar-refractivity contribution in [2.75, 3.05) is 10.4 Å². The summed E-state index contributed by atoms with van der Waals surface area (Å²) in [5, 5.41) is 12.8. The van der Waals surface area contributed by atoms with Crippen molar-refractivity contribution in [2.45, 2.75) is 98.0 Å². The number of nitrogens with one attached hydrogen (secondary N) is 1. The zero-order valence-electron chi connectivity index (χ0n) is 22.9. The van der Waals surface area contributed by atoms with E-state index in [0.717, 1.165) is 18.4 Å². The van der Waals surface area contributed by atoms with Gasteiger partial charge in [-0.2, -0.15) is 0 Å². The Morgan fingerprint density at radius 2 is 1.64 bits per heavy atom. The fourth-order valence-corrected chi connectivity index (χ4v) is 3.72. The van der Waals surface area contributed by atoms with Gasteiger partial charge in [-0.25, -0.2) is 0 Å². The molecule has 0 bridgehead atoms. The van der Waals surface area contributed by atoms with E-state index in [0.29, 0.717) is 12.2 Å². The number of carbonyl (C=O) groups excluding carboxylic acids is 2. The van der Waals surface area contributed by atoms with E-state index in [2.05, 4.69) is 59.0 Å². The highest BCUT2D eigenvalue weighted by Crippen LogP contribution is 2.39. The second kappa shape index (κ2) is 11.8. The lowest BCUT2D eigenvalue weighted by molar-refractivity contribution is -0.123. The lowest BCUT2D eigenvalue weighted by Gasteiger charge is -2.31. The third-order valence-electron chi connectivity index (χ3n) is 7.17. The van der Waals surface area contributed by atoms with Crippen LogP contribution < -0.4 is 15.2 Å². The molecule has 1 unspecified atom stereocenters. The molecule has 1 atom stereocenters. The smallest absolute Gasteiger partial charge is 0.265 e. The van der Waals surface area contributed by atoms with Gasteiger partial charge in [0.25, 0.3) is 11.8 Å². The Morgan fingerprint density at radius 1 is 1.00 bits per heavy atom. The van der Waals surface area contributed by atoms with Gasteiger partial charge in [0.05, 0.1) is 0 Å².